The monoisotopic (exact) mass is 544 g/mol. The second kappa shape index (κ2) is 10.3. The third-order valence-electron chi connectivity index (χ3n) is 8.77. The van der Waals surface area contributed by atoms with E-state index in [2.05, 4.69) is 55.4 Å². The van der Waals surface area contributed by atoms with Crippen molar-refractivity contribution in [1.82, 2.24) is 0 Å². The van der Waals surface area contributed by atoms with Gasteiger partial charge in [0.2, 0.25) is 0 Å². The van der Waals surface area contributed by atoms with Crippen LogP contribution in [-0.2, 0) is 32.0 Å². The number of hydrogen-bond acceptors (Lipinski definition) is 8. The number of carbonyl (C=O) groups is 1. The first kappa shape index (κ1) is 28.7. The van der Waals surface area contributed by atoms with Crippen molar-refractivity contribution in [3.63, 3.8) is 0 Å². The molecule has 6 atom stereocenters. The maximum atomic E-state index is 12.2. The summed E-state index contributed by atoms with van der Waals surface area (Å²) in [5.74, 6) is -1.19. The fourth-order valence-electron chi connectivity index (χ4n) is 6.93. The minimum Gasteiger partial charge on any atom is -0.457 e. The summed E-state index contributed by atoms with van der Waals surface area (Å²) in [7, 11) is -5.80. The van der Waals surface area contributed by atoms with Crippen LogP contribution in [0.4, 0.5) is 0 Å². The van der Waals surface area contributed by atoms with Crippen LogP contribution in [0.15, 0.2) is 0 Å². The number of fused-ring (bicyclic) bond motifs is 3. The van der Waals surface area contributed by atoms with Crippen molar-refractivity contribution in [3.05, 3.63) is 0 Å². The molecule has 0 aromatic heterocycles. The Labute approximate surface area is 219 Å². The molecule has 0 amide bonds. The van der Waals surface area contributed by atoms with Crippen LogP contribution in [0.5, 0.6) is 0 Å². The van der Waals surface area contributed by atoms with Crippen molar-refractivity contribution in [2.45, 2.75) is 159 Å². The van der Waals surface area contributed by atoms with E-state index in [1.165, 1.54) is 6.92 Å². The van der Waals surface area contributed by atoms with Gasteiger partial charge in [0.1, 0.15) is 30.5 Å². The molecule has 2 aliphatic heterocycles. The van der Waals surface area contributed by atoms with Gasteiger partial charge in [-0.05, 0) is 35.0 Å². The Hall–Kier alpha value is -0.336. The number of rotatable bonds is 5. The zero-order valence-electron chi connectivity index (χ0n) is 23.6. The lowest BCUT2D eigenvalue weighted by Gasteiger charge is -2.46. The van der Waals surface area contributed by atoms with Crippen LogP contribution < -0.4 is 0 Å². The van der Waals surface area contributed by atoms with E-state index in [1.807, 2.05) is 0 Å². The van der Waals surface area contributed by atoms with E-state index in [0.717, 1.165) is 32.1 Å². The molecule has 0 aromatic rings. The molecule has 10 heteroatoms. The first-order valence-electron chi connectivity index (χ1n) is 14.1. The first-order chi connectivity index (χ1) is 16.8. The molecule has 0 unspecified atom stereocenters. The average Bonchev–Trinajstić information content (AvgIpc) is 3.04. The molecular formula is C26H48O8Si2. The Morgan fingerprint density at radius 1 is 0.778 bits per heavy atom. The summed E-state index contributed by atoms with van der Waals surface area (Å²) in [6.07, 6.45) is 0.302. The summed E-state index contributed by atoms with van der Waals surface area (Å²) in [4.78, 5) is 12.2. The van der Waals surface area contributed by atoms with Gasteiger partial charge in [0.05, 0.1) is 0 Å². The summed E-state index contributed by atoms with van der Waals surface area (Å²) < 4.78 is 40.6. The van der Waals surface area contributed by atoms with Gasteiger partial charge in [-0.25, -0.2) is 0 Å². The van der Waals surface area contributed by atoms with E-state index in [-0.39, 0.29) is 22.2 Å². The summed E-state index contributed by atoms with van der Waals surface area (Å²) in [6, 6.07) is 0. The summed E-state index contributed by atoms with van der Waals surface area (Å²) in [5.41, 5.74) is 0.590. The smallest absolute Gasteiger partial charge is 0.335 e. The fourth-order valence-corrected chi connectivity index (χ4v) is 18.2. The molecule has 1 N–H and O–H groups in total. The third kappa shape index (κ3) is 4.67. The van der Waals surface area contributed by atoms with Crippen LogP contribution in [0.3, 0.4) is 0 Å². The van der Waals surface area contributed by atoms with Crippen LogP contribution in [0, 0.1) is 0 Å². The molecule has 0 radical (unpaired) electrons. The molecule has 2 saturated heterocycles. The largest absolute Gasteiger partial charge is 0.457 e. The highest BCUT2D eigenvalue weighted by atomic mass is 28.5. The molecule has 2 saturated carbocycles. The molecule has 4 rings (SSSR count). The van der Waals surface area contributed by atoms with Crippen molar-refractivity contribution in [3.8, 4) is 0 Å². The number of aliphatic hydroxyl groups excluding tert-OH is 1. The normalized spacial score (nSPS) is 37.3. The zero-order valence-corrected chi connectivity index (χ0v) is 25.6. The number of aliphatic hydroxyl groups is 1. The Balaban J connectivity index is 1.85. The van der Waals surface area contributed by atoms with Crippen molar-refractivity contribution < 1.29 is 37.1 Å². The fraction of sp³-hybridized carbons (Fsp3) is 0.962. The Bertz CT molecular complexity index is 781. The van der Waals surface area contributed by atoms with Crippen molar-refractivity contribution in [2.24, 2.45) is 0 Å². The highest BCUT2D eigenvalue weighted by Gasteiger charge is 2.69. The van der Waals surface area contributed by atoms with Crippen LogP contribution in [0.25, 0.3) is 0 Å². The number of carbonyl (C=O) groups excluding carboxylic acids is 1. The second-order valence-electron chi connectivity index (χ2n) is 12.5. The molecule has 36 heavy (non-hydrogen) atoms. The van der Waals surface area contributed by atoms with Gasteiger partial charge in [-0.15, -0.1) is 0 Å². The van der Waals surface area contributed by atoms with Gasteiger partial charge in [-0.2, -0.15) is 0 Å². The lowest BCUT2D eigenvalue weighted by atomic mass is 9.85. The van der Waals surface area contributed by atoms with Crippen molar-refractivity contribution in [2.75, 3.05) is 0 Å². The van der Waals surface area contributed by atoms with Gasteiger partial charge in [-0.1, -0.05) is 61.8 Å². The van der Waals surface area contributed by atoms with E-state index in [0.29, 0.717) is 0 Å². The second-order valence-corrected chi connectivity index (χ2v) is 21.3. The van der Waals surface area contributed by atoms with Crippen LogP contribution in [-0.4, -0.2) is 70.6 Å². The third-order valence-corrected chi connectivity index (χ3v) is 19.0. The van der Waals surface area contributed by atoms with Gasteiger partial charge in [0, 0.05) is 19.8 Å². The van der Waals surface area contributed by atoms with Crippen LogP contribution >= 0.6 is 0 Å². The average molecular weight is 545 g/mol. The Kier molecular flexibility index (Phi) is 8.23. The quantitative estimate of drug-likeness (QED) is 0.379. The Morgan fingerprint density at radius 3 is 1.72 bits per heavy atom. The van der Waals surface area contributed by atoms with E-state index in [4.69, 9.17) is 27.2 Å². The van der Waals surface area contributed by atoms with Crippen LogP contribution in [0.1, 0.15) is 94.4 Å². The Morgan fingerprint density at radius 2 is 1.25 bits per heavy atom. The molecule has 208 valence electrons. The number of ether oxygens (including phenoxy) is 3. The summed E-state index contributed by atoms with van der Waals surface area (Å²) in [6.45, 7) is 18.7. The number of hydrogen-bond donors (Lipinski definition) is 1. The SMILES string of the molecule is CC(=O)O[C@@H]1[C@@H](O)[C@@H]2O[Si](C(C)C)(C(C)C)O[Si](C(C)C)(C(C)C)O[C@H]2[C@H]2OC3(CCCCC3)O[C@H]21. The van der Waals surface area contributed by atoms with Crippen molar-refractivity contribution >= 4 is 23.1 Å². The maximum Gasteiger partial charge on any atom is 0.335 e. The predicted molar refractivity (Wildman–Crippen MR) is 140 cm³/mol. The van der Waals surface area contributed by atoms with Crippen molar-refractivity contribution in [1.29, 1.82) is 0 Å². The molecule has 2 aliphatic carbocycles. The van der Waals surface area contributed by atoms with Gasteiger partial charge in [0.25, 0.3) is 0 Å². The summed E-state index contributed by atoms with van der Waals surface area (Å²) >= 11 is 0. The molecule has 4 fully saturated rings. The topological polar surface area (TPSA) is 92.7 Å². The lowest BCUT2D eigenvalue weighted by Crippen LogP contribution is -2.66. The van der Waals surface area contributed by atoms with Gasteiger partial charge < -0.3 is 32.3 Å². The minimum absolute atomic E-state index is 0.131. The standard InChI is InChI=1S/C26H48O8Si2/c1-15(2)35(16(3)4)32-22-20(28)21(29-19(9)27)23-24(31-26(30-23)13-11-10-12-14-26)25(22)33-36(34-35,17(5)6)18(7)8/h15-18,20-25,28H,10-14H2,1-9H3/t20-,21-,22+,23+,24+,25-/m1/s1. The van der Waals surface area contributed by atoms with Gasteiger partial charge >= 0.3 is 23.1 Å². The zero-order chi connectivity index (χ0) is 26.6. The molecule has 0 bridgehead atoms. The molecule has 1 spiro atoms. The maximum absolute atomic E-state index is 12.2. The predicted octanol–water partition coefficient (Wildman–Crippen LogP) is 5.06. The molecular weight excluding hydrogens is 496 g/mol. The summed E-state index contributed by atoms with van der Waals surface area (Å²) in [5, 5.41) is 11.8. The molecule has 0 aromatic carbocycles. The van der Waals surface area contributed by atoms with Gasteiger partial charge in [-0.3, -0.25) is 4.79 Å². The molecule has 2 heterocycles. The molecule has 8 nitrogen and oxygen atoms in total. The first-order valence-corrected chi connectivity index (χ1v) is 18.0. The highest BCUT2D eigenvalue weighted by Crippen LogP contribution is 2.53. The van der Waals surface area contributed by atoms with Gasteiger partial charge in [0.15, 0.2) is 11.9 Å². The highest BCUT2D eigenvalue weighted by molar-refractivity contribution is 6.84. The van der Waals surface area contributed by atoms with E-state index >= 15 is 0 Å². The lowest BCUT2D eigenvalue weighted by molar-refractivity contribution is -0.209. The number of esters is 1. The minimum atomic E-state index is -2.92. The van der Waals surface area contributed by atoms with Crippen LogP contribution in [0.2, 0.25) is 22.2 Å². The van der Waals surface area contributed by atoms with E-state index in [9.17, 15) is 9.90 Å². The van der Waals surface area contributed by atoms with E-state index < -0.39 is 65.5 Å². The van der Waals surface area contributed by atoms with E-state index in [1.54, 1.807) is 0 Å². The molecule has 4 aliphatic rings.